The standard InChI is InChI=1S/C12H26O3/c1-11(2)10-12(13)6-4-5-7-15-9-8-14-3/h11-13H,4-10H2,1-3H3. The molecule has 3 nitrogen and oxygen atoms in total. The van der Waals surface area contributed by atoms with Crippen LogP contribution in [-0.4, -0.2) is 38.1 Å². The molecule has 0 aliphatic heterocycles. The Morgan fingerprint density at radius 1 is 1.07 bits per heavy atom. The quantitative estimate of drug-likeness (QED) is 0.571. The maximum atomic E-state index is 9.60. The number of aliphatic hydroxyl groups excluding tert-OH is 1. The van der Waals surface area contributed by atoms with E-state index in [0.717, 1.165) is 32.3 Å². The van der Waals surface area contributed by atoms with E-state index in [1.165, 1.54) is 0 Å². The van der Waals surface area contributed by atoms with Crippen LogP contribution >= 0.6 is 0 Å². The van der Waals surface area contributed by atoms with E-state index < -0.39 is 0 Å². The Hall–Kier alpha value is -0.120. The Bertz CT molecular complexity index is 126. The highest BCUT2D eigenvalue weighted by Crippen LogP contribution is 2.10. The Labute approximate surface area is 93.8 Å². The summed E-state index contributed by atoms with van der Waals surface area (Å²) in [6.45, 7) is 6.38. The van der Waals surface area contributed by atoms with Gasteiger partial charge < -0.3 is 14.6 Å². The van der Waals surface area contributed by atoms with Gasteiger partial charge in [-0.2, -0.15) is 0 Å². The van der Waals surface area contributed by atoms with Crippen LogP contribution in [0.4, 0.5) is 0 Å². The Balaban J connectivity index is 3.09. The van der Waals surface area contributed by atoms with Crippen molar-refractivity contribution in [3.8, 4) is 0 Å². The molecule has 0 radical (unpaired) electrons. The fourth-order valence-electron chi connectivity index (χ4n) is 1.49. The summed E-state index contributed by atoms with van der Waals surface area (Å²) < 4.78 is 10.2. The molecule has 1 atom stereocenters. The van der Waals surface area contributed by atoms with Crippen molar-refractivity contribution in [1.82, 2.24) is 0 Å². The molecule has 0 aliphatic carbocycles. The zero-order valence-electron chi connectivity index (χ0n) is 10.4. The second-order valence-corrected chi connectivity index (χ2v) is 4.38. The van der Waals surface area contributed by atoms with Crippen molar-refractivity contribution in [2.75, 3.05) is 26.9 Å². The number of hydrogen-bond donors (Lipinski definition) is 1. The third-order valence-electron chi connectivity index (χ3n) is 2.25. The first-order valence-corrected chi connectivity index (χ1v) is 5.91. The molecule has 1 unspecified atom stereocenters. The van der Waals surface area contributed by atoms with Crippen molar-refractivity contribution in [2.45, 2.75) is 45.6 Å². The summed E-state index contributed by atoms with van der Waals surface area (Å²) in [4.78, 5) is 0. The van der Waals surface area contributed by atoms with Gasteiger partial charge in [-0.05, 0) is 31.6 Å². The van der Waals surface area contributed by atoms with Crippen LogP contribution in [0.1, 0.15) is 39.5 Å². The molecule has 0 spiro atoms. The van der Waals surface area contributed by atoms with Crippen molar-refractivity contribution >= 4 is 0 Å². The van der Waals surface area contributed by atoms with Gasteiger partial charge in [0.25, 0.3) is 0 Å². The van der Waals surface area contributed by atoms with E-state index in [1.54, 1.807) is 7.11 Å². The fourth-order valence-corrected chi connectivity index (χ4v) is 1.49. The average Bonchev–Trinajstić information content (AvgIpc) is 2.15. The van der Waals surface area contributed by atoms with Crippen LogP contribution < -0.4 is 0 Å². The number of unbranched alkanes of at least 4 members (excludes halogenated alkanes) is 1. The van der Waals surface area contributed by atoms with Crippen LogP contribution in [0, 0.1) is 5.92 Å². The highest BCUT2D eigenvalue weighted by Gasteiger charge is 2.05. The number of aliphatic hydroxyl groups is 1. The lowest BCUT2D eigenvalue weighted by atomic mass is 10.0. The Kier molecular flexibility index (Phi) is 10.3. The lowest BCUT2D eigenvalue weighted by molar-refractivity contribution is 0.0658. The first-order valence-electron chi connectivity index (χ1n) is 5.91. The number of ether oxygens (including phenoxy) is 2. The van der Waals surface area contributed by atoms with E-state index >= 15 is 0 Å². The van der Waals surface area contributed by atoms with Crippen LogP contribution in [0.3, 0.4) is 0 Å². The summed E-state index contributed by atoms with van der Waals surface area (Å²) in [6, 6.07) is 0. The first kappa shape index (κ1) is 14.9. The number of hydrogen-bond acceptors (Lipinski definition) is 3. The molecule has 0 amide bonds. The lowest BCUT2D eigenvalue weighted by Crippen LogP contribution is -2.10. The maximum Gasteiger partial charge on any atom is 0.0700 e. The molecule has 92 valence electrons. The molecule has 1 N–H and O–H groups in total. The van der Waals surface area contributed by atoms with Crippen molar-refractivity contribution < 1.29 is 14.6 Å². The molecule has 15 heavy (non-hydrogen) atoms. The highest BCUT2D eigenvalue weighted by atomic mass is 16.5. The van der Waals surface area contributed by atoms with Gasteiger partial charge >= 0.3 is 0 Å². The van der Waals surface area contributed by atoms with E-state index in [2.05, 4.69) is 13.8 Å². The highest BCUT2D eigenvalue weighted by molar-refractivity contribution is 4.58. The molecule has 0 bridgehead atoms. The van der Waals surface area contributed by atoms with Crippen molar-refractivity contribution in [2.24, 2.45) is 5.92 Å². The topological polar surface area (TPSA) is 38.7 Å². The van der Waals surface area contributed by atoms with Gasteiger partial charge in [0.15, 0.2) is 0 Å². The number of methoxy groups -OCH3 is 1. The monoisotopic (exact) mass is 218 g/mol. The van der Waals surface area contributed by atoms with Gasteiger partial charge in [0.05, 0.1) is 19.3 Å². The summed E-state index contributed by atoms with van der Waals surface area (Å²) >= 11 is 0. The van der Waals surface area contributed by atoms with Crippen molar-refractivity contribution in [1.29, 1.82) is 0 Å². The van der Waals surface area contributed by atoms with Crippen LogP contribution in [-0.2, 0) is 9.47 Å². The minimum atomic E-state index is -0.135. The van der Waals surface area contributed by atoms with Crippen LogP contribution in [0.5, 0.6) is 0 Å². The zero-order valence-corrected chi connectivity index (χ0v) is 10.4. The van der Waals surface area contributed by atoms with Crippen molar-refractivity contribution in [3.05, 3.63) is 0 Å². The van der Waals surface area contributed by atoms with E-state index in [0.29, 0.717) is 19.1 Å². The summed E-state index contributed by atoms with van der Waals surface area (Å²) in [5.41, 5.74) is 0. The molecule has 0 aromatic heterocycles. The van der Waals surface area contributed by atoms with E-state index in [4.69, 9.17) is 9.47 Å². The molecule has 3 heteroatoms. The smallest absolute Gasteiger partial charge is 0.0700 e. The lowest BCUT2D eigenvalue weighted by Gasteiger charge is -2.12. The van der Waals surface area contributed by atoms with Crippen LogP contribution in [0.15, 0.2) is 0 Å². The van der Waals surface area contributed by atoms with Gasteiger partial charge in [-0.3, -0.25) is 0 Å². The Morgan fingerprint density at radius 3 is 2.40 bits per heavy atom. The van der Waals surface area contributed by atoms with Gasteiger partial charge in [0, 0.05) is 13.7 Å². The van der Waals surface area contributed by atoms with E-state index in [9.17, 15) is 5.11 Å². The molecule has 0 aromatic rings. The molecule has 0 fully saturated rings. The fraction of sp³-hybridized carbons (Fsp3) is 1.00. The molecule has 0 heterocycles. The van der Waals surface area contributed by atoms with Crippen LogP contribution in [0.25, 0.3) is 0 Å². The average molecular weight is 218 g/mol. The predicted octanol–water partition coefficient (Wildman–Crippen LogP) is 2.23. The van der Waals surface area contributed by atoms with Gasteiger partial charge in [-0.15, -0.1) is 0 Å². The third-order valence-corrected chi connectivity index (χ3v) is 2.25. The summed E-state index contributed by atoms with van der Waals surface area (Å²) in [5.74, 6) is 0.581. The summed E-state index contributed by atoms with van der Waals surface area (Å²) in [7, 11) is 1.67. The second-order valence-electron chi connectivity index (χ2n) is 4.38. The minimum Gasteiger partial charge on any atom is -0.393 e. The summed E-state index contributed by atoms with van der Waals surface area (Å²) in [5, 5.41) is 9.60. The zero-order chi connectivity index (χ0) is 11.5. The minimum absolute atomic E-state index is 0.135. The number of rotatable bonds is 10. The van der Waals surface area contributed by atoms with Crippen LogP contribution in [0.2, 0.25) is 0 Å². The molecule has 0 aromatic carbocycles. The van der Waals surface area contributed by atoms with Gasteiger partial charge in [0.1, 0.15) is 0 Å². The molecular formula is C12H26O3. The van der Waals surface area contributed by atoms with Gasteiger partial charge in [-0.25, -0.2) is 0 Å². The van der Waals surface area contributed by atoms with E-state index in [1.807, 2.05) is 0 Å². The van der Waals surface area contributed by atoms with Crippen molar-refractivity contribution in [3.63, 3.8) is 0 Å². The molecule has 0 aliphatic rings. The van der Waals surface area contributed by atoms with Gasteiger partial charge in [0.2, 0.25) is 0 Å². The SMILES string of the molecule is COCCOCCCCC(O)CC(C)C. The summed E-state index contributed by atoms with van der Waals surface area (Å²) in [6.07, 6.45) is 3.74. The molecule has 0 saturated carbocycles. The first-order chi connectivity index (χ1) is 7.16. The maximum absolute atomic E-state index is 9.60. The molecule has 0 rings (SSSR count). The van der Waals surface area contributed by atoms with E-state index in [-0.39, 0.29) is 6.10 Å². The van der Waals surface area contributed by atoms with Gasteiger partial charge in [-0.1, -0.05) is 13.8 Å². The normalized spacial score (nSPS) is 13.4. The predicted molar refractivity (Wildman–Crippen MR) is 62.0 cm³/mol. The third kappa shape index (κ3) is 11.8. The Morgan fingerprint density at radius 2 is 1.80 bits per heavy atom. The largest absolute Gasteiger partial charge is 0.393 e. The molecule has 0 saturated heterocycles. The second kappa shape index (κ2) is 10.4. The molecular weight excluding hydrogens is 192 g/mol.